The summed E-state index contributed by atoms with van der Waals surface area (Å²) < 4.78 is 18.6. The second-order valence-electron chi connectivity index (χ2n) is 3.90. The predicted molar refractivity (Wildman–Crippen MR) is 68.1 cm³/mol. The fourth-order valence-corrected chi connectivity index (χ4v) is 1.93. The summed E-state index contributed by atoms with van der Waals surface area (Å²) in [6, 6.07) is 8.68. The van der Waals surface area contributed by atoms with Gasteiger partial charge >= 0.3 is 0 Å². The van der Waals surface area contributed by atoms with Gasteiger partial charge in [0.2, 0.25) is 0 Å². The van der Waals surface area contributed by atoms with Gasteiger partial charge in [-0.3, -0.25) is 4.98 Å². The van der Waals surface area contributed by atoms with Crippen LogP contribution in [0, 0.1) is 5.82 Å². The number of rotatable bonds is 4. The maximum atomic E-state index is 13.7. The van der Waals surface area contributed by atoms with Gasteiger partial charge in [-0.15, -0.1) is 0 Å². The number of hydrogen-bond donors (Lipinski definition) is 1. The third-order valence-electron chi connectivity index (χ3n) is 2.82. The minimum absolute atomic E-state index is 0.0842. The van der Waals surface area contributed by atoms with E-state index in [1.807, 2.05) is 25.2 Å². The molecular formula is C14H15FN2O. The predicted octanol–water partition coefficient (Wildman–Crippen LogP) is 2.54. The molecule has 18 heavy (non-hydrogen) atoms. The molecule has 2 rings (SSSR count). The van der Waals surface area contributed by atoms with Crippen LogP contribution in [-0.2, 0) is 0 Å². The monoisotopic (exact) mass is 246 g/mol. The van der Waals surface area contributed by atoms with E-state index < -0.39 is 0 Å². The van der Waals surface area contributed by atoms with Crippen molar-refractivity contribution in [2.24, 2.45) is 0 Å². The summed E-state index contributed by atoms with van der Waals surface area (Å²) in [5.74, 6) is -0.112. The van der Waals surface area contributed by atoms with Crippen LogP contribution < -0.4 is 10.1 Å². The van der Waals surface area contributed by atoms with Gasteiger partial charge in [0, 0.05) is 12.4 Å². The molecule has 1 aromatic carbocycles. The summed E-state index contributed by atoms with van der Waals surface area (Å²) in [5, 5.41) is 3.15. The SMILES string of the molecule is CNC(c1cccnc1)c1ccc(OC)c(F)c1. The molecule has 2 aromatic rings. The molecule has 0 fully saturated rings. The van der Waals surface area contributed by atoms with Gasteiger partial charge in [0.1, 0.15) is 0 Å². The molecule has 0 radical (unpaired) electrons. The smallest absolute Gasteiger partial charge is 0.165 e. The fourth-order valence-electron chi connectivity index (χ4n) is 1.93. The third kappa shape index (κ3) is 2.49. The maximum absolute atomic E-state index is 13.7. The van der Waals surface area contributed by atoms with Crippen molar-refractivity contribution in [3.05, 3.63) is 59.7 Å². The van der Waals surface area contributed by atoms with Gasteiger partial charge in [-0.25, -0.2) is 4.39 Å². The lowest BCUT2D eigenvalue weighted by Gasteiger charge is -2.17. The highest BCUT2D eigenvalue weighted by Crippen LogP contribution is 2.25. The van der Waals surface area contributed by atoms with Crippen LogP contribution in [-0.4, -0.2) is 19.1 Å². The van der Waals surface area contributed by atoms with Gasteiger partial charge in [0.05, 0.1) is 13.2 Å². The number of pyridine rings is 1. The minimum Gasteiger partial charge on any atom is -0.494 e. The van der Waals surface area contributed by atoms with Crippen molar-refractivity contribution in [3.8, 4) is 5.75 Å². The third-order valence-corrected chi connectivity index (χ3v) is 2.82. The highest BCUT2D eigenvalue weighted by atomic mass is 19.1. The summed E-state index contributed by atoms with van der Waals surface area (Å²) in [7, 11) is 3.29. The first-order chi connectivity index (χ1) is 8.76. The van der Waals surface area contributed by atoms with E-state index >= 15 is 0 Å². The van der Waals surface area contributed by atoms with Crippen LogP contribution in [0.4, 0.5) is 4.39 Å². The fraction of sp³-hybridized carbons (Fsp3) is 0.214. The first kappa shape index (κ1) is 12.5. The van der Waals surface area contributed by atoms with Crippen LogP contribution in [0.5, 0.6) is 5.75 Å². The molecule has 0 spiro atoms. The molecule has 94 valence electrons. The van der Waals surface area contributed by atoms with Gasteiger partial charge in [0.15, 0.2) is 11.6 Å². The molecule has 0 saturated heterocycles. The molecule has 3 nitrogen and oxygen atoms in total. The lowest BCUT2D eigenvalue weighted by molar-refractivity contribution is 0.386. The average molecular weight is 246 g/mol. The number of nitrogens with one attached hydrogen (secondary N) is 1. The summed E-state index contributed by atoms with van der Waals surface area (Å²) in [4.78, 5) is 4.08. The average Bonchev–Trinajstić information content (AvgIpc) is 2.41. The largest absolute Gasteiger partial charge is 0.494 e. The number of halogens is 1. The highest BCUT2D eigenvalue weighted by molar-refractivity contribution is 5.35. The number of hydrogen-bond acceptors (Lipinski definition) is 3. The van der Waals surface area contributed by atoms with E-state index in [-0.39, 0.29) is 17.6 Å². The standard InChI is InChI=1S/C14H15FN2O/c1-16-14(11-4-3-7-17-9-11)10-5-6-13(18-2)12(15)8-10/h3-9,14,16H,1-2H3. The van der Waals surface area contributed by atoms with E-state index in [4.69, 9.17) is 4.74 Å². The quantitative estimate of drug-likeness (QED) is 0.900. The number of nitrogens with zero attached hydrogens (tertiary/aromatic N) is 1. The van der Waals surface area contributed by atoms with Gasteiger partial charge < -0.3 is 10.1 Å². The van der Waals surface area contributed by atoms with E-state index in [2.05, 4.69) is 10.3 Å². The van der Waals surface area contributed by atoms with Crippen molar-refractivity contribution >= 4 is 0 Å². The van der Waals surface area contributed by atoms with Gasteiger partial charge in [-0.05, 0) is 36.4 Å². The molecule has 0 bridgehead atoms. The lowest BCUT2D eigenvalue weighted by Crippen LogP contribution is -2.18. The summed E-state index contributed by atoms with van der Waals surface area (Å²) in [5.41, 5.74) is 1.83. The minimum atomic E-state index is -0.362. The topological polar surface area (TPSA) is 34.2 Å². The van der Waals surface area contributed by atoms with Crippen molar-refractivity contribution in [2.45, 2.75) is 6.04 Å². The molecule has 0 aliphatic carbocycles. The van der Waals surface area contributed by atoms with Gasteiger partial charge in [-0.1, -0.05) is 12.1 Å². The first-order valence-electron chi connectivity index (χ1n) is 5.67. The number of ether oxygens (including phenoxy) is 1. The molecular weight excluding hydrogens is 231 g/mol. The van der Waals surface area contributed by atoms with Crippen LogP contribution in [0.25, 0.3) is 0 Å². The molecule has 0 amide bonds. The van der Waals surface area contributed by atoms with Crippen LogP contribution in [0.15, 0.2) is 42.7 Å². The summed E-state index contributed by atoms with van der Waals surface area (Å²) >= 11 is 0. The van der Waals surface area contributed by atoms with E-state index in [1.165, 1.54) is 13.2 Å². The summed E-state index contributed by atoms with van der Waals surface area (Å²) in [6.45, 7) is 0. The molecule has 0 aliphatic heterocycles. The Hall–Kier alpha value is -1.94. The second kappa shape index (κ2) is 5.60. The normalized spacial score (nSPS) is 12.2. The van der Waals surface area contributed by atoms with Crippen LogP contribution >= 0.6 is 0 Å². The van der Waals surface area contributed by atoms with Crippen LogP contribution in [0.2, 0.25) is 0 Å². The Morgan fingerprint density at radius 3 is 2.67 bits per heavy atom. The zero-order valence-electron chi connectivity index (χ0n) is 10.4. The molecule has 1 unspecified atom stereocenters. The Labute approximate surface area is 106 Å². The van der Waals surface area contributed by atoms with Crippen molar-refractivity contribution in [3.63, 3.8) is 0 Å². The lowest BCUT2D eigenvalue weighted by atomic mass is 10.00. The Kier molecular flexibility index (Phi) is 3.89. The van der Waals surface area contributed by atoms with Crippen LogP contribution in [0.1, 0.15) is 17.2 Å². The Balaban J connectivity index is 2.37. The zero-order chi connectivity index (χ0) is 13.0. The van der Waals surface area contributed by atoms with Gasteiger partial charge in [-0.2, -0.15) is 0 Å². The second-order valence-corrected chi connectivity index (χ2v) is 3.90. The molecule has 0 saturated carbocycles. The van der Waals surface area contributed by atoms with Crippen LogP contribution in [0.3, 0.4) is 0 Å². The van der Waals surface area contributed by atoms with E-state index in [1.54, 1.807) is 18.5 Å². The molecule has 4 heteroatoms. The molecule has 0 aliphatic rings. The Bertz CT molecular complexity index is 516. The molecule has 1 heterocycles. The van der Waals surface area contributed by atoms with Crippen molar-refractivity contribution in [1.29, 1.82) is 0 Å². The number of aromatic nitrogens is 1. The van der Waals surface area contributed by atoms with E-state index in [9.17, 15) is 4.39 Å². The Morgan fingerprint density at radius 1 is 1.28 bits per heavy atom. The zero-order valence-corrected chi connectivity index (χ0v) is 10.4. The van der Waals surface area contributed by atoms with Gasteiger partial charge in [0.25, 0.3) is 0 Å². The molecule has 1 atom stereocenters. The highest BCUT2D eigenvalue weighted by Gasteiger charge is 2.14. The van der Waals surface area contributed by atoms with Crippen molar-refractivity contribution < 1.29 is 9.13 Å². The Morgan fingerprint density at radius 2 is 2.11 bits per heavy atom. The number of benzene rings is 1. The molecule has 1 N–H and O–H groups in total. The summed E-state index contributed by atoms with van der Waals surface area (Å²) in [6.07, 6.45) is 3.48. The van der Waals surface area contributed by atoms with Crippen molar-refractivity contribution in [1.82, 2.24) is 10.3 Å². The van der Waals surface area contributed by atoms with E-state index in [0.29, 0.717) is 0 Å². The number of methoxy groups -OCH3 is 1. The van der Waals surface area contributed by atoms with Crippen molar-refractivity contribution in [2.75, 3.05) is 14.2 Å². The van der Waals surface area contributed by atoms with E-state index in [0.717, 1.165) is 11.1 Å². The first-order valence-corrected chi connectivity index (χ1v) is 5.67. The maximum Gasteiger partial charge on any atom is 0.165 e. The molecule has 1 aromatic heterocycles.